The molecule has 0 saturated heterocycles. The molecule has 2 aromatic carbocycles. The van der Waals surface area contributed by atoms with Crippen LogP contribution >= 0.6 is 0 Å². The summed E-state index contributed by atoms with van der Waals surface area (Å²) in [5.41, 5.74) is 0.963. The van der Waals surface area contributed by atoms with Crippen LogP contribution in [0.5, 0.6) is 5.75 Å². The Balaban J connectivity index is 2.36. The number of hydrogen-bond donors (Lipinski definition) is 3. The molecule has 9 heteroatoms. The Labute approximate surface area is 197 Å². The van der Waals surface area contributed by atoms with Crippen molar-refractivity contribution in [3.8, 4) is 5.75 Å². The van der Waals surface area contributed by atoms with Crippen LogP contribution in [0.2, 0.25) is 0 Å². The molecule has 2 aromatic rings. The molecule has 0 aliphatic carbocycles. The quantitative estimate of drug-likeness (QED) is 0.280. The molecule has 34 heavy (non-hydrogen) atoms. The van der Waals surface area contributed by atoms with Crippen molar-refractivity contribution >= 4 is 30.1 Å². The highest BCUT2D eigenvalue weighted by Crippen LogP contribution is 2.31. The van der Waals surface area contributed by atoms with Crippen molar-refractivity contribution in [2.75, 3.05) is 18.9 Å². The number of rotatable bonds is 9. The lowest BCUT2D eigenvalue weighted by Crippen LogP contribution is -2.37. The minimum absolute atomic E-state index is 0.00907. The molecule has 0 fully saturated rings. The van der Waals surface area contributed by atoms with Crippen molar-refractivity contribution in [1.29, 1.82) is 0 Å². The number of carbonyl (C=O) groups excluding carboxylic acids is 2. The van der Waals surface area contributed by atoms with Gasteiger partial charge in [-0.25, -0.2) is 14.0 Å². The second-order valence-corrected chi connectivity index (χ2v) is 8.55. The van der Waals surface area contributed by atoms with Crippen molar-refractivity contribution in [2.45, 2.75) is 39.3 Å². The monoisotopic (exact) mass is 472 g/mol. The first kappa shape index (κ1) is 26.4. The summed E-state index contributed by atoms with van der Waals surface area (Å²) in [6.07, 6.45) is 3.20. The number of carbonyl (C=O) groups is 3. The topological polar surface area (TPSA) is 116 Å². The van der Waals surface area contributed by atoms with Crippen molar-refractivity contribution in [3.05, 3.63) is 64.5 Å². The van der Waals surface area contributed by atoms with Crippen LogP contribution in [-0.2, 0) is 22.5 Å². The summed E-state index contributed by atoms with van der Waals surface area (Å²) in [6.45, 7) is 5.35. The van der Waals surface area contributed by atoms with E-state index >= 15 is 0 Å². The van der Waals surface area contributed by atoms with E-state index in [4.69, 9.17) is 9.84 Å². The first-order valence-electron chi connectivity index (χ1n) is 10.6. The number of amides is 1. The van der Waals surface area contributed by atoms with Gasteiger partial charge in [0.05, 0.1) is 11.3 Å². The van der Waals surface area contributed by atoms with Crippen LogP contribution in [0.1, 0.15) is 47.8 Å². The highest BCUT2D eigenvalue weighted by molar-refractivity contribution is 5.88. The molecule has 0 bridgehead atoms. The SMILES string of the molecule is CNc1c(O)ccc(CCN(Cc2ccc(C(=O)O)c(F)c2)C(=O)OC(C)(C)C)c1/C=C\C=O. The van der Waals surface area contributed by atoms with Gasteiger partial charge in [0.25, 0.3) is 0 Å². The summed E-state index contributed by atoms with van der Waals surface area (Å²) in [5.74, 6) is -2.26. The molecule has 0 aliphatic rings. The predicted molar refractivity (Wildman–Crippen MR) is 126 cm³/mol. The summed E-state index contributed by atoms with van der Waals surface area (Å²) in [6, 6.07) is 6.88. The van der Waals surface area contributed by atoms with Crippen molar-refractivity contribution < 1.29 is 33.7 Å². The molecule has 0 spiro atoms. The first-order chi connectivity index (χ1) is 16.0. The van der Waals surface area contributed by atoms with Gasteiger partial charge in [0.15, 0.2) is 0 Å². The summed E-state index contributed by atoms with van der Waals surface area (Å²) >= 11 is 0. The van der Waals surface area contributed by atoms with Crippen LogP contribution in [0.4, 0.5) is 14.9 Å². The third kappa shape index (κ3) is 7.06. The molecule has 1 amide bonds. The van der Waals surface area contributed by atoms with E-state index in [0.29, 0.717) is 29.5 Å². The molecule has 0 heterocycles. The molecule has 0 saturated carbocycles. The number of phenols is 1. The highest BCUT2D eigenvalue weighted by Gasteiger charge is 2.23. The summed E-state index contributed by atoms with van der Waals surface area (Å²) in [4.78, 5) is 36.2. The number of phenolic OH excluding ortho intramolecular Hbond substituents is 1. The lowest BCUT2D eigenvalue weighted by atomic mass is 10.0. The summed E-state index contributed by atoms with van der Waals surface area (Å²) < 4.78 is 19.7. The summed E-state index contributed by atoms with van der Waals surface area (Å²) in [5, 5.41) is 22.1. The van der Waals surface area contributed by atoms with E-state index in [1.807, 2.05) is 0 Å². The summed E-state index contributed by atoms with van der Waals surface area (Å²) in [7, 11) is 1.64. The number of aromatic hydroxyl groups is 1. The third-order valence-corrected chi connectivity index (χ3v) is 4.85. The van der Waals surface area contributed by atoms with Gasteiger partial charge >= 0.3 is 12.1 Å². The Morgan fingerprint density at radius 3 is 2.47 bits per heavy atom. The number of aldehydes is 1. The average molecular weight is 473 g/mol. The molecule has 8 nitrogen and oxygen atoms in total. The molecule has 182 valence electrons. The number of aromatic carboxylic acids is 1. The Hall–Kier alpha value is -3.88. The Bertz CT molecular complexity index is 1090. The van der Waals surface area contributed by atoms with Gasteiger partial charge in [-0.15, -0.1) is 0 Å². The minimum atomic E-state index is -1.38. The van der Waals surface area contributed by atoms with E-state index in [9.17, 15) is 23.9 Å². The lowest BCUT2D eigenvalue weighted by molar-refractivity contribution is -0.104. The van der Waals surface area contributed by atoms with E-state index in [0.717, 1.165) is 17.7 Å². The van der Waals surface area contributed by atoms with Gasteiger partial charge in [0, 0.05) is 25.7 Å². The van der Waals surface area contributed by atoms with Gasteiger partial charge in [0.2, 0.25) is 0 Å². The molecule has 0 unspecified atom stereocenters. The largest absolute Gasteiger partial charge is 0.506 e. The normalized spacial score (nSPS) is 11.3. The second-order valence-electron chi connectivity index (χ2n) is 8.55. The number of ether oxygens (including phenoxy) is 1. The highest BCUT2D eigenvalue weighted by atomic mass is 19.1. The van der Waals surface area contributed by atoms with E-state index in [-0.39, 0.29) is 18.8 Å². The molecule has 0 aliphatic heterocycles. The maximum absolute atomic E-state index is 14.2. The van der Waals surface area contributed by atoms with E-state index in [1.165, 1.54) is 23.1 Å². The maximum atomic E-state index is 14.2. The van der Waals surface area contributed by atoms with Gasteiger partial charge in [0.1, 0.15) is 23.5 Å². The fourth-order valence-corrected chi connectivity index (χ4v) is 3.33. The Morgan fingerprint density at radius 2 is 1.91 bits per heavy atom. The number of anilines is 1. The standard InChI is InChI=1S/C25H29FN2O6/c1-25(2,3)34-24(33)28(15-16-7-9-19(23(31)32)20(26)14-16)12-11-17-8-10-21(30)22(27-4)18(17)6-5-13-29/h5-10,13-14,27,30H,11-12,15H2,1-4H3,(H,31,32)/b6-5-. The molecular weight excluding hydrogens is 443 g/mol. The zero-order valence-corrected chi connectivity index (χ0v) is 19.6. The Kier molecular flexibility index (Phi) is 8.77. The number of carboxylic acid groups (broad SMARTS) is 1. The predicted octanol–water partition coefficient (Wildman–Crippen LogP) is 4.46. The molecule has 3 N–H and O–H groups in total. The van der Waals surface area contributed by atoms with Gasteiger partial charge in [-0.2, -0.15) is 0 Å². The van der Waals surface area contributed by atoms with Crippen LogP contribution in [-0.4, -0.2) is 52.7 Å². The second kappa shape index (κ2) is 11.3. The smallest absolute Gasteiger partial charge is 0.410 e. The molecule has 0 atom stereocenters. The zero-order chi connectivity index (χ0) is 25.5. The van der Waals surface area contributed by atoms with E-state index < -0.39 is 29.0 Å². The molecule has 2 rings (SSSR count). The number of halogens is 1. The van der Waals surface area contributed by atoms with Crippen LogP contribution in [0.3, 0.4) is 0 Å². The van der Waals surface area contributed by atoms with E-state index in [2.05, 4.69) is 5.32 Å². The number of benzene rings is 2. The number of hydrogen-bond acceptors (Lipinski definition) is 6. The average Bonchev–Trinajstić information content (AvgIpc) is 2.74. The van der Waals surface area contributed by atoms with Crippen LogP contribution in [0, 0.1) is 5.82 Å². The zero-order valence-electron chi connectivity index (χ0n) is 19.6. The van der Waals surface area contributed by atoms with Crippen molar-refractivity contribution in [2.24, 2.45) is 0 Å². The third-order valence-electron chi connectivity index (χ3n) is 4.85. The minimum Gasteiger partial charge on any atom is -0.506 e. The molecule has 0 aromatic heterocycles. The fourth-order valence-electron chi connectivity index (χ4n) is 3.33. The van der Waals surface area contributed by atoms with Gasteiger partial charge < -0.3 is 25.2 Å². The van der Waals surface area contributed by atoms with Crippen molar-refractivity contribution in [1.82, 2.24) is 4.90 Å². The van der Waals surface area contributed by atoms with Gasteiger partial charge in [-0.1, -0.05) is 12.1 Å². The van der Waals surface area contributed by atoms with Crippen LogP contribution in [0.15, 0.2) is 36.4 Å². The number of nitrogens with zero attached hydrogens (tertiary/aromatic N) is 1. The number of nitrogens with one attached hydrogen (secondary N) is 1. The van der Waals surface area contributed by atoms with Crippen molar-refractivity contribution in [3.63, 3.8) is 0 Å². The van der Waals surface area contributed by atoms with Crippen LogP contribution < -0.4 is 5.32 Å². The molecule has 0 radical (unpaired) electrons. The maximum Gasteiger partial charge on any atom is 0.410 e. The fraction of sp³-hybridized carbons (Fsp3) is 0.320. The van der Waals surface area contributed by atoms with Gasteiger partial charge in [-0.3, -0.25) is 4.79 Å². The van der Waals surface area contributed by atoms with Gasteiger partial charge in [-0.05, 0) is 68.7 Å². The van der Waals surface area contributed by atoms with Crippen LogP contribution in [0.25, 0.3) is 6.08 Å². The molecular formula is C25H29FN2O6. The first-order valence-corrected chi connectivity index (χ1v) is 10.6. The number of allylic oxidation sites excluding steroid dienone is 1. The Morgan fingerprint density at radius 1 is 1.21 bits per heavy atom. The lowest BCUT2D eigenvalue weighted by Gasteiger charge is -2.28. The van der Waals surface area contributed by atoms with E-state index in [1.54, 1.807) is 40.0 Å². The number of carboxylic acids is 1.